The Hall–Kier alpha value is -5.31. The van der Waals surface area contributed by atoms with Gasteiger partial charge in [0, 0.05) is 37.8 Å². The van der Waals surface area contributed by atoms with Gasteiger partial charge in [-0.15, -0.1) is 10.2 Å². The van der Waals surface area contributed by atoms with Crippen molar-refractivity contribution in [3.05, 3.63) is 76.6 Å². The van der Waals surface area contributed by atoms with Crippen molar-refractivity contribution in [2.75, 3.05) is 29.9 Å². The number of fused-ring (bicyclic) bond motifs is 1. The Kier molecular flexibility index (Phi) is 8.09. The molecule has 7 rings (SSSR count). The Morgan fingerprint density at radius 1 is 1.10 bits per heavy atom. The predicted octanol–water partition coefficient (Wildman–Crippen LogP) is 5.67. The van der Waals surface area contributed by atoms with Crippen LogP contribution >= 0.6 is 0 Å². The Bertz CT molecular complexity index is 2040. The van der Waals surface area contributed by atoms with Crippen LogP contribution in [0.4, 0.5) is 24.8 Å². The Morgan fingerprint density at radius 2 is 1.92 bits per heavy atom. The van der Waals surface area contributed by atoms with Crippen LogP contribution < -0.4 is 10.2 Å². The SMILES string of the molecule is C[C@H]1CN(Cc2cc3c(c(C(F)(F)F)c2)CN(c2cc(-c4cc(C#N)ccc4-c4nncn4C)cc(NC4(CC#N)CC4)n2)C3=O)CCO1. The number of carbonyl (C=O) groups excluding carboxylic acids is 1. The van der Waals surface area contributed by atoms with Gasteiger partial charge in [-0.05, 0) is 84.5 Å². The van der Waals surface area contributed by atoms with Crippen LogP contribution in [-0.2, 0) is 31.1 Å². The molecule has 1 saturated carbocycles. The van der Waals surface area contributed by atoms with Gasteiger partial charge in [-0.25, -0.2) is 4.98 Å². The topological polar surface area (TPSA) is 136 Å². The smallest absolute Gasteiger partial charge is 0.376 e. The van der Waals surface area contributed by atoms with Crippen LogP contribution in [0, 0.1) is 22.7 Å². The summed E-state index contributed by atoms with van der Waals surface area (Å²) in [5, 5.41) is 30.8. The second-order valence-electron chi connectivity index (χ2n) is 13.0. The number of morpholine rings is 1. The zero-order valence-electron chi connectivity index (χ0n) is 26.9. The van der Waals surface area contributed by atoms with Gasteiger partial charge in [0.05, 0.1) is 54.5 Å². The van der Waals surface area contributed by atoms with Crippen LogP contribution in [0.15, 0.2) is 48.8 Å². The zero-order chi connectivity index (χ0) is 34.5. The minimum absolute atomic E-state index is 0.0118. The van der Waals surface area contributed by atoms with E-state index in [0.29, 0.717) is 59.2 Å². The Balaban J connectivity index is 1.33. The van der Waals surface area contributed by atoms with E-state index in [-0.39, 0.29) is 42.6 Å². The number of ether oxygens (including phenoxy) is 1. The van der Waals surface area contributed by atoms with Crippen LogP contribution in [0.5, 0.6) is 0 Å². The number of nitrogens with zero attached hydrogens (tertiary/aromatic N) is 8. The van der Waals surface area contributed by atoms with Crippen molar-refractivity contribution in [1.82, 2.24) is 24.6 Å². The number of aromatic nitrogens is 4. The van der Waals surface area contributed by atoms with Gasteiger partial charge in [0.1, 0.15) is 18.0 Å². The van der Waals surface area contributed by atoms with E-state index in [2.05, 4.69) is 27.7 Å². The number of hydrogen-bond acceptors (Lipinski definition) is 9. The lowest BCUT2D eigenvalue weighted by atomic mass is 9.97. The van der Waals surface area contributed by atoms with Gasteiger partial charge < -0.3 is 14.6 Å². The molecule has 49 heavy (non-hydrogen) atoms. The largest absolute Gasteiger partial charge is 0.416 e. The molecule has 0 spiro atoms. The molecule has 4 heterocycles. The number of pyridine rings is 1. The highest BCUT2D eigenvalue weighted by molar-refractivity contribution is 6.10. The number of benzene rings is 2. The van der Waals surface area contributed by atoms with Crippen molar-refractivity contribution in [2.24, 2.45) is 7.05 Å². The third kappa shape index (κ3) is 6.33. The lowest BCUT2D eigenvalue weighted by Gasteiger charge is -2.31. The summed E-state index contributed by atoms with van der Waals surface area (Å²) < 4.78 is 51.0. The number of rotatable bonds is 8. The second-order valence-corrected chi connectivity index (χ2v) is 13.0. The summed E-state index contributed by atoms with van der Waals surface area (Å²) >= 11 is 0. The van der Waals surface area contributed by atoms with Crippen molar-refractivity contribution in [1.29, 1.82) is 10.5 Å². The molecule has 14 heteroatoms. The third-order valence-electron chi connectivity index (χ3n) is 9.30. The molecule has 1 atom stereocenters. The lowest BCUT2D eigenvalue weighted by Crippen LogP contribution is -2.40. The van der Waals surface area contributed by atoms with Crippen LogP contribution in [0.25, 0.3) is 22.5 Å². The van der Waals surface area contributed by atoms with Crippen molar-refractivity contribution < 1.29 is 22.7 Å². The van der Waals surface area contributed by atoms with Crippen molar-refractivity contribution in [3.63, 3.8) is 0 Å². The number of nitrogens with one attached hydrogen (secondary N) is 1. The van der Waals surface area contributed by atoms with E-state index < -0.39 is 23.2 Å². The Morgan fingerprint density at radius 3 is 2.59 bits per heavy atom. The average molecular weight is 668 g/mol. The number of hydrogen-bond donors (Lipinski definition) is 1. The molecule has 1 N–H and O–H groups in total. The molecule has 250 valence electrons. The summed E-state index contributed by atoms with van der Waals surface area (Å²) in [5.74, 6) is 0.424. The summed E-state index contributed by atoms with van der Waals surface area (Å²) in [6.45, 7) is 3.47. The van der Waals surface area contributed by atoms with Crippen LogP contribution in [0.1, 0.15) is 58.8 Å². The minimum Gasteiger partial charge on any atom is -0.376 e. The molecule has 0 bridgehead atoms. The zero-order valence-corrected chi connectivity index (χ0v) is 26.9. The fourth-order valence-corrected chi connectivity index (χ4v) is 6.66. The molecule has 1 saturated heterocycles. The third-order valence-corrected chi connectivity index (χ3v) is 9.30. The predicted molar refractivity (Wildman–Crippen MR) is 173 cm³/mol. The van der Waals surface area contributed by atoms with Crippen molar-refractivity contribution in [2.45, 2.75) is 57.1 Å². The molecule has 3 aliphatic rings. The molecule has 2 aliphatic heterocycles. The highest BCUT2D eigenvalue weighted by atomic mass is 19.4. The van der Waals surface area contributed by atoms with Crippen molar-refractivity contribution in [3.8, 4) is 34.7 Å². The molecular weight excluding hydrogens is 635 g/mol. The van der Waals surface area contributed by atoms with Gasteiger partial charge in [-0.2, -0.15) is 23.7 Å². The maximum Gasteiger partial charge on any atom is 0.416 e. The van der Waals surface area contributed by atoms with E-state index >= 15 is 0 Å². The summed E-state index contributed by atoms with van der Waals surface area (Å²) in [4.78, 5) is 22.1. The van der Waals surface area contributed by atoms with E-state index in [4.69, 9.17) is 9.72 Å². The summed E-state index contributed by atoms with van der Waals surface area (Å²) in [7, 11) is 1.78. The molecule has 2 aromatic carbocycles. The number of amides is 1. The molecule has 2 aromatic heterocycles. The number of nitriles is 2. The fourth-order valence-electron chi connectivity index (χ4n) is 6.66. The quantitative estimate of drug-likeness (QED) is 0.252. The summed E-state index contributed by atoms with van der Waals surface area (Å²) in [6.07, 6.45) is -1.47. The van der Waals surface area contributed by atoms with Gasteiger partial charge in [0.15, 0.2) is 5.82 Å². The number of alkyl halides is 3. The van der Waals surface area contributed by atoms with Crippen LogP contribution in [0.3, 0.4) is 0 Å². The van der Waals surface area contributed by atoms with Gasteiger partial charge in [0.2, 0.25) is 0 Å². The number of aryl methyl sites for hydroxylation is 1. The average Bonchev–Trinajstić information content (AvgIpc) is 3.54. The van der Waals surface area contributed by atoms with E-state index in [1.807, 2.05) is 11.8 Å². The summed E-state index contributed by atoms with van der Waals surface area (Å²) in [6, 6.07) is 15.6. The van der Waals surface area contributed by atoms with Crippen LogP contribution in [0.2, 0.25) is 0 Å². The first kappa shape index (κ1) is 32.2. The number of anilines is 2. The van der Waals surface area contributed by atoms with E-state index in [1.165, 1.54) is 4.90 Å². The van der Waals surface area contributed by atoms with Gasteiger partial charge in [0.25, 0.3) is 5.91 Å². The molecule has 11 nitrogen and oxygen atoms in total. The molecule has 4 aromatic rings. The Labute approximate surface area is 280 Å². The standard InChI is InChI=1S/C35H32F3N9O2/c1-21-17-46(9-10-49-21)18-23-12-27-28(29(13-23)35(36,37)38)19-47(33(27)48)31-15-24(14-30(42-31)43-34(5-6-34)7-8-39)26-11-22(16-40)3-4-25(26)32-44-41-20-45(32)2/h3-4,11-15,20-21H,5-7,9-10,17-19H2,1-2H3,(H,42,43)/t21-/m0/s1. The fraction of sp³-hybridized carbons (Fsp3) is 0.371. The highest BCUT2D eigenvalue weighted by Crippen LogP contribution is 2.44. The van der Waals surface area contributed by atoms with Gasteiger partial charge in [-0.3, -0.25) is 14.6 Å². The second kappa shape index (κ2) is 12.3. The monoisotopic (exact) mass is 667 g/mol. The number of halogens is 3. The van der Waals surface area contributed by atoms with Gasteiger partial charge >= 0.3 is 6.18 Å². The first-order chi connectivity index (χ1) is 23.5. The summed E-state index contributed by atoms with van der Waals surface area (Å²) in [5.41, 5.74) is 1.11. The maximum absolute atomic E-state index is 14.6. The number of carbonyl (C=O) groups is 1. The molecular formula is C35H32F3N9O2. The van der Waals surface area contributed by atoms with Crippen LogP contribution in [-0.4, -0.2) is 61.9 Å². The molecule has 1 amide bonds. The molecule has 2 fully saturated rings. The van der Waals surface area contributed by atoms with E-state index in [0.717, 1.165) is 18.9 Å². The maximum atomic E-state index is 14.6. The highest BCUT2D eigenvalue weighted by Gasteiger charge is 2.44. The first-order valence-electron chi connectivity index (χ1n) is 15.9. The molecule has 0 unspecified atom stereocenters. The minimum atomic E-state index is -4.69. The van der Waals surface area contributed by atoms with Gasteiger partial charge in [-0.1, -0.05) is 0 Å². The molecule has 1 aliphatic carbocycles. The normalized spacial score (nSPS) is 18.6. The van der Waals surface area contributed by atoms with Crippen molar-refractivity contribution >= 4 is 17.5 Å². The first-order valence-corrected chi connectivity index (χ1v) is 15.9. The lowest BCUT2D eigenvalue weighted by molar-refractivity contribution is -0.138. The molecule has 0 radical (unpaired) electrons. The van der Waals surface area contributed by atoms with E-state index in [9.17, 15) is 28.5 Å². The van der Waals surface area contributed by atoms with E-state index in [1.54, 1.807) is 54.3 Å².